The zero-order valence-electron chi connectivity index (χ0n) is 13.0. The van der Waals surface area contributed by atoms with Gasteiger partial charge in [0, 0.05) is 13.6 Å². The summed E-state index contributed by atoms with van der Waals surface area (Å²) in [5.74, 6) is -0.123. The van der Waals surface area contributed by atoms with Gasteiger partial charge in [0.1, 0.15) is 5.69 Å². The summed E-state index contributed by atoms with van der Waals surface area (Å²) >= 11 is 1.60. The molecule has 1 amide bonds. The van der Waals surface area contributed by atoms with Crippen molar-refractivity contribution in [2.24, 2.45) is 12.2 Å². The van der Waals surface area contributed by atoms with Gasteiger partial charge < -0.3 is 9.88 Å². The topological polar surface area (TPSA) is 94.2 Å². The second-order valence-electron chi connectivity index (χ2n) is 5.45. The molecule has 8 heteroatoms. The van der Waals surface area contributed by atoms with E-state index in [1.165, 1.54) is 12.1 Å². The molecule has 0 unspecified atom stereocenters. The van der Waals surface area contributed by atoms with Crippen LogP contribution in [-0.2, 0) is 23.5 Å². The van der Waals surface area contributed by atoms with Crippen LogP contribution in [-0.4, -0.2) is 25.4 Å². The van der Waals surface area contributed by atoms with Gasteiger partial charge in [-0.05, 0) is 41.6 Å². The Morgan fingerprint density at radius 3 is 2.58 bits per heavy atom. The van der Waals surface area contributed by atoms with Crippen LogP contribution >= 0.6 is 11.3 Å². The van der Waals surface area contributed by atoms with Crippen molar-refractivity contribution in [2.45, 2.75) is 11.3 Å². The number of fused-ring (bicyclic) bond motifs is 1. The van der Waals surface area contributed by atoms with Crippen LogP contribution in [0.25, 0.3) is 10.2 Å². The average molecular weight is 363 g/mol. The normalized spacial score (nSPS) is 11.8. The molecule has 24 heavy (non-hydrogen) atoms. The molecule has 3 rings (SSSR count). The molecule has 0 aliphatic rings. The van der Waals surface area contributed by atoms with Crippen molar-refractivity contribution in [2.75, 3.05) is 6.54 Å². The second-order valence-corrected chi connectivity index (χ2v) is 7.96. The van der Waals surface area contributed by atoms with Crippen molar-refractivity contribution in [1.29, 1.82) is 0 Å². The number of carbonyl (C=O) groups is 1. The second kappa shape index (κ2) is 6.39. The number of nitrogens with one attached hydrogen (secondary N) is 1. The summed E-state index contributed by atoms with van der Waals surface area (Å²) in [6.45, 7) is 0.465. The van der Waals surface area contributed by atoms with Gasteiger partial charge >= 0.3 is 0 Å². The number of hydrogen-bond acceptors (Lipinski definition) is 4. The molecule has 0 aliphatic heterocycles. The highest BCUT2D eigenvalue weighted by atomic mass is 32.2. The third-order valence-corrected chi connectivity index (χ3v) is 5.63. The van der Waals surface area contributed by atoms with Gasteiger partial charge in [-0.3, -0.25) is 4.79 Å². The molecule has 3 N–H and O–H groups in total. The Hall–Kier alpha value is -2.16. The highest BCUT2D eigenvalue weighted by Crippen LogP contribution is 2.24. The molecule has 6 nitrogen and oxygen atoms in total. The van der Waals surface area contributed by atoms with E-state index in [4.69, 9.17) is 5.14 Å². The van der Waals surface area contributed by atoms with Crippen LogP contribution in [0.1, 0.15) is 16.1 Å². The maximum absolute atomic E-state index is 12.3. The van der Waals surface area contributed by atoms with Crippen molar-refractivity contribution in [3.05, 3.63) is 53.0 Å². The Morgan fingerprint density at radius 1 is 1.25 bits per heavy atom. The summed E-state index contributed by atoms with van der Waals surface area (Å²) in [5, 5.41) is 9.95. The quantitative estimate of drug-likeness (QED) is 0.724. The third kappa shape index (κ3) is 3.35. The zero-order chi connectivity index (χ0) is 17.3. The van der Waals surface area contributed by atoms with E-state index in [1.54, 1.807) is 23.5 Å². The highest BCUT2D eigenvalue weighted by molar-refractivity contribution is 7.89. The van der Waals surface area contributed by atoms with Crippen molar-refractivity contribution in [3.63, 3.8) is 0 Å². The molecule has 3 aromatic rings. The Labute approximate surface area is 144 Å². The van der Waals surface area contributed by atoms with E-state index in [1.807, 2.05) is 29.1 Å². The molecule has 2 heterocycles. The summed E-state index contributed by atoms with van der Waals surface area (Å²) in [6, 6.07) is 10.2. The average Bonchev–Trinajstić information content (AvgIpc) is 3.10. The van der Waals surface area contributed by atoms with E-state index in [0.717, 1.165) is 15.8 Å². The third-order valence-electron chi connectivity index (χ3n) is 3.85. The van der Waals surface area contributed by atoms with E-state index in [-0.39, 0.29) is 10.8 Å². The van der Waals surface area contributed by atoms with Gasteiger partial charge in [0.25, 0.3) is 5.91 Å². The number of sulfonamides is 1. The summed E-state index contributed by atoms with van der Waals surface area (Å²) in [5.41, 5.74) is 2.60. The molecule has 0 spiro atoms. The molecule has 1 aromatic carbocycles. The number of carbonyl (C=O) groups excluding carboxylic acids is 1. The number of amides is 1. The lowest BCUT2D eigenvalue weighted by Gasteiger charge is -2.07. The molecule has 126 valence electrons. The summed E-state index contributed by atoms with van der Waals surface area (Å²) in [7, 11) is -1.80. The summed E-state index contributed by atoms with van der Waals surface area (Å²) < 4.78 is 25.4. The largest absolute Gasteiger partial charge is 0.350 e. The van der Waals surface area contributed by atoms with Crippen LogP contribution in [0.4, 0.5) is 0 Å². The molecule has 0 bridgehead atoms. The number of benzene rings is 1. The number of primary sulfonamides is 1. The van der Waals surface area contributed by atoms with Crippen molar-refractivity contribution in [3.8, 4) is 0 Å². The van der Waals surface area contributed by atoms with E-state index in [2.05, 4.69) is 5.32 Å². The molecule has 0 saturated carbocycles. The van der Waals surface area contributed by atoms with Crippen molar-refractivity contribution >= 4 is 37.5 Å². The fourth-order valence-corrected chi connectivity index (χ4v) is 3.89. The van der Waals surface area contributed by atoms with Gasteiger partial charge in [-0.15, -0.1) is 11.3 Å². The Morgan fingerprint density at radius 2 is 1.96 bits per heavy atom. The van der Waals surface area contributed by atoms with Crippen LogP contribution in [0, 0.1) is 0 Å². The van der Waals surface area contributed by atoms with Gasteiger partial charge in [-0.1, -0.05) is 12.1 Å². The first-order valence-electron chi connectivity index (χ1n) is 7.29. The van der Waals surface area contributed by atoms with Crippen LogP contribution < -0.4 is 10.5 Å². The first-order chi connectivity index (χ1) is 11.4. The molecule has 0 radical (unpaired) electrons. The van der Waals surface area contributed by atoms with E-state index >= 15 is 0 Å². The van der Waals surface area contributed by atoms with Gasteiger partial charge in [-0.25, -0.2) is 13.6 Å². The first kappa shape index (κ1) is 16.7. The lowest BCUT2D eigenvalue weighted by Crippen LogP contribution is -2.27. The van der Waals surface area contributed by atoms with Gasteiger partial charge in [0.05, 0.1) is 15.1 Å². The van der Waals surface area contributed by atoms with Gasteiger partial charge in [-0.2, -0.15) is 0 Å². The van der Waals surface area contributed by atoms with Crippen LogP contribution in [0.15, 0.2) is 46.7 Å². The number of aromatic nitrogens is 1. The Balaban J connectivity index is 1.61. The first-order valence-corrected chi connectivity index (χ1v) is 9.72. The number of nitrogens with two attached hydrogens (primary N) is 1. The molecule has 0 fully saturated rings. The van der Waals surface area contributed by atoms with Crippen molar-refractivity contribution < 1.29 is 13.2 Å². The molecular weight excluding hydrogens is 346 g/mol. The molecule has 0 atom stereocenters. The summed E-state index contributed by atoms with van der Waals surface area (Å²) in [6.07, 6.45) is 0.607. The molecule has 0 aliphatic carbocycles. The van der Waals surface area contributed by atoms with Gasteiger partial charge in [0.2, 0.25) is 10.0 Å². The zero-order valence-corrected chi connectivity index (χ0v) is 14.7. The number of thiophene rings is 1. The lowest BCUT2D eigenvalue weighted by atomic mass is 10.1. The number of hydrogen-bond donors (Lipinski definition) is 2. The minimum absolute atomic E-state index is 0.0826. The predicted octanol–water partition coefficient (Wildman–Crippen LogP) is 1.86. The minimum atomic E-state index is -3.67. The SMILES string of the molecule is Cn1c(C(=O)NCCc2ccc(S(N)(=O)=O)cc2)cc2sccc21. The molecule has 0 saturated heterocycles. The molecule has 2 aromatic heterocycles. The van der Waals surface area contributed by atoms with Crippen molar-refractivity contribution in [1.82, 2.24) is 9.88 Å². The number of rotatable bonds is 5. The van der Waals surface area contributed by atoms with Gasteiger partial charge in [0.15, 0.2) is 0 Å². The Kier molecular flexibility index (Phi) is 4.44. The van der Waals surface area contributed by atoms with E-state index in [0.29, 0.717) is 18.7 Å². The lowest BCUT2D eigenvalue weighted by molar-refractivity contribution is 0.0946. The summed E-state index contributed by atoms with van der Waals surface area (Å²) in [4.78, 5) is 12.4. The number of aryl methyl sites for hydroxylation is 1. The minimum Gasteiger partial charge on any atom is -0.350 e. The Bertz CT molecular complexity index is 985. The molecular formula is C16H17N3O3S2. The predicted molar refractivity (Wildman–Crippen MR) is 94.6 cm³/mol. The monoisotopic (exact) mass is 363 g/mol. The standard InChI is InChI=1S/C16H17N3O3S2/c1-19-13-7-9-23-15(13)10-14(19)16(20)18-8-6-11-2-4-12(5-3-11)24(17,21)22/h2-5,7,9-10H,6,8H2,1H3,(H,18,20)(H2,17,21,22). The maximum atomic E-state index is 12.3. The van der Waals surface area contributed by atoms with Crippen LogP contribution in [0.5, 0.6) is 0 Å². The van der Waals surface area contributed by atoms with Crippen LogP contribution in [0.2, 0.25) is 0 Å². The number of nitrogens with zero attached hydrogens (tertiary/aromatic N) is 1. The van der Waals surface area contributed by atoms with Crippen LogP contribution in [0.3, 0.4) is 0 Å². The maximum Gasteiger partial charge on any atom is 0.267 e. The fraction of sp³-hybridized carbons (Fsp3) is 0.188. The fourth-order valence-electron chi connectivity index (χ4n) is 2.52. The smallest absolute Gasteiger partial charge is 0.267 e. The van der Waals surface area contributed by atoms with E-state index < -0.39 is 10.0 Å². The van der Waals surface area contributed by atoms with E-state index in [9.17, 15) is 13.2 Å². The highest BCUT2D eigenvalue weighted by Gasteiger charge is 2.13.